The molecule has 0 saturated carbocycles. The molecule has 9 heteroatoms. The highest BCUT2D eigenvalue weighted by Gasteiger charge is 2.23. The molecule has 2 aromatic carbocycles. The van der Waals surface area contributed by atoms with E-state index in [1.54, 1.807) is 34.9 Å². The molecule has 1 aliphatic heterocycles. The van der Waals surface area contributed by atoms with Crippen LogP contribution in [0.2, 0.25) is 0 Å². The van der Waals surface area contributed by atoms with E-state index in [9.17, 15) is 13.2 Å². The minimum atomic E-state index is -3.56. The number of amides is 1. The van der Waals surface area contributed by atoms with Gasteiger partial charge in [-0.05, 0) is 37.3 Å². The quantitative estimate of drug-likeness (QED) is 0.697. The molecule has 0 spiro atoms. The number of sulfonamides is 1. The van der Waals surface area contributed by atoms with Crippen molar-refractivity contribution in [2.75, 3.05) is 55.0 Å². The van der Waals surface area contributed by atoms with Gasteiger partial charge < -0.3 is 15.5 Å². The Kier molecular flexibility index (Phi) is 6.71. The maximum absolute atomic E-state index is 12.9. The van der Waals surface area contributed by atoms with Gasteiger partial charge in [-0.3, -0.25) is 4.79 Å². The van der Waals surface area contributed by atoms with Gasteiger partial charge in [-0.2, -0.15) is 0 Å². The van der Waals surface area contributed by atoms with Crippen LogP contribution < -0.4 is 15.5 Å². The number of anilines is 3. The normalized spacial score (nSPS) is 13.9. The average molecular weight is 435 g/mol. The van der Waals surface area contributed by atoms with Gasteiger partial charge in [0.05, 0.1) is 28.5 Å². The number of thioether (sulfide) groups is 1. The van der Waals surface area contributed by atoms with E-state index in [0.29, 0.717) is 18.8 Å². The molecule has 3 rings (SSSR count). The fraction of sp³-hybridized carbons (Fsp3) is 0.350. The van der Waals surface area contributed by atoms with Gasteiger partial charge in [-0.15, -0.1) is 11.8 Å². The number of carbonyl (C=O) groups is 1. The standard InChI is InChI=1S/C20H26N4O3S2/c1-4-21-16-10-9-15(29(26,27)23(2)3)13-17(16)22-14-20(25)24-11-12-28-19-8-6-5-7-18(19)24/h5-10,13,21-22H,4,11-12,14H2,1-3H3. The molecule has 2 N–H and O–H groups in total. The van der Waals surface area contributed by atoms with E-state index in [1.807, 2.05) is 31.2 Å². The molecule has 2 aromatic rings. The highest BCUT2D eigenvalue weighted by atomic mass is 32.2. The number of hydrogen-bond acceptors (Lipinski definition) is 6. The number of fused-ring (bicyclic) bond motifs is 1. The molecule has 0 radical (unpaired) electrons. The zero-order valence-electron chi connectivity index (χ0n) is 16.8. The van der Waals surface area contributed by atoms with Gasteiger partial charge >= 0.3 is 0 Å². The van der Waals surface area contributed by atoms with Crippen LogP contribution in [-0.2, 0) is 14.8 Å². The first-order valence-electron chi connectivity index (χ1n) is 9.41. The predicted octanol–water partition coefficient (Wildman–Crippen LogP) is 2.92. The van der Waals surface area contributed by atoms with Crippen molar-refractivity contribution in [2.24, 2.45) is 0 Å². The monoisotopic (exact) mass is 434 g/mol. The Morgan fingerprint density at radius 1 is 1.14 bits per heavy atom. The lowest BCUT2D eigenvalue weighted by molar-refractivity contribution is -0.117. The first-order valence-corrected chi connectivity index (χ1v) is 11.8. The molecule has 0 bridgehead atoms. The molecule has 29 heavy (non-hydrogen) atoms. The van der Waals surface area contributed by atoms with Crippen molar-refractivity contribution in [1.29, 1.82) is 0 Å². The first kappa shape index (κ1) is 21.5. The summed E-state index contributed by atoms with van der Waals surface area (Å²) < 4.78 is 26.1. The summed E-state index contributed by atoms with van der Waals surface area (Å²) in [6.45, 7) is 3.36. The summed E-state index contributed by atoms with van der Waals surface area (Å²) in [4.78, 5) is 16.0. The molecule has 1 amide bonds. The third-order valence-corrected chi connectivity index (χ3v) is 7.45. The Bertz CT molecular complexity index is 993. The minimum Gasteiger partial charge on any atom is -0.384 e. The van der Waals surface area contributed by atoms with Gasteiger partial charge in [-0.25, -0.2) is 12.7 Å². The number of nitrogens with zero attached hydrogens (tertiary/aromatic N) is 2. The van der Waals surface area contributed by atoms with Crippen molar-refractivity contribution >= 4 is 44.8 Å². The summed E-state index contributed by atoms with van der Waals surface area (Å²) in [6.07, 6.45) is 0. The second-order valence-electron chi connectivity index (χ2n) is 6.74. The SMILES string of the molecule is CCNc1ccc(S(=O)(=O)N(C)C)cc1NCC(=O)N1CCSc2ccccc21. The summed E-state index contributed by atoms with van der Waals surface area (Å²) in [6, 6.07) is 12.7. The topological polar surface area (TPSA) is 81.8 Å². The third-order valence-electron chi connectivity index (χ3n) is 4.60. The second-order valence-corrected chi connectivity index (χ2v) is 10.0. The summed E-state index contributed by atoms with van der Waals surface area (Å²) in [7, 11) is -0.571. The number of para-hydroxylation sites is 1. The number of rotatable bonds is 7. The maximum atomic E-state index is 12.9. The van der Waals surface area contributed by atoms with Crippen molar-refractivity contribution in [3.8, 4) is 0 Å². The van der Waals surface area contributed by atoms with E-state index in [0.717, 1.165) is 22.0 Å². The molecule has 0 aromatic heterocycles. The van der Waals surface area contributed by atoms with Crippen LogP contribution in [0.1, 0.15) is 6.92 Å². The van der Waals surface area contributed by atoms with Crippen LogP contribution >= 0.6 is 11.8 Å². The Hall–Kier alpha value is -2.23. The number of benzene rings is 2. The van der Waals surface area contributed by atoms with Gasteiger partial charge in [-0.1, -0.05) is 12.1 Å². The summed E-state index contributed by atoms with van der Waals surface area (Å²) in [5.74, 6) is 0.795. The van der Waals surface area contributed by atoms with E-state index in [-0.39, 0.29) is 17.3 Å². The lowest BCUT2D eigenvalue weighted by Gasteiger charge is -2.29. The lowest BCUT2D eigenvalue weighted by Crippen LogP contribution is -2.39. The predicted molar refractivity (Wildman–Crippen MR) is 119 cm³/mol. The Morgan fingerprint density at radius 3 is 2.62 bits per heavy atom. The summed E-state index contributed by atoms with van der Waals surface area (Å²) >= 11 is 1.75. The fourth-order valence-electron chi connectivity index (χ4n) is 3.08. The average Bonchev–Trinajstić information content (AvgIpc) is 2.72. The van der Waals surface area contributed by atoms with Crippen LogP contribution in [0.25, 0.3) is 0 Å². The van der Waals surface area contributed by atoms with Crippen molar-refractivity contribution in [3.63, 3.8) is 0 Å². The summed E-state index contributed by atoms with van der Waals surface area (Å²) in [5, 5.41) is 6.34. The molecule has 1 aliphatic rings. The van der Waals surface area contributed by atoms with Crippen LogP contribution in [-0.4, -0.2) is 58.1 Å². The second kappa shape index (κ2) is 9.06. The molecule has 0 atom stereocenters. The molecule has 156 valence electrons. The van der Waals surface area contributed by atoms with Gasteiger partial charge in [0.2, 0.25) is 15.9 Å². The van der Waals surface area contributed by atoms with Crippen molar-refractivity contribution in [2.45, 2.75) is 16.7 Å². The lowest BCUT2D eigenvalue weighted by atomic mass is 10.2. The molecule has 0 aliphatic carbocycles. The number of hydrogen-bond donors (Lipinski definition) is 2. The van der Waals surface area contributed by atoms with Crippen molar-refractivity contribution in [1.82, 2.24) is 4.31 Å². The molecule has 7 nitrogen and oxygen atoms in total. The fourth-order valence-corrected chi connectivity index (χ4v) is 5.00. The highest BCUT2D eigenvalue weighted by Crippen LogP contribution is 2.34. The van der Waals surface area contributed by atoms with E-state index in [1.165, 1.54) is 18.4 Å². The molecule has 1 heterocycles. The highest BCUT2D eigenvalue weighted by molar-refractivity contribution is 7.99. The van der Waals surface area contributed by atoms with E-state index < -0.39 is 10.0 Å². The summed E-state index contributed by atoms with van der Waals surface area (Å²) in [5.41, 5.74) is 2.27. The molecule has 0 unspecified atom stereocenters. The molecular weight excluding hydrogens is 408 g/mol. The van der Waals surface area contributed by atoms with Crippen LogP contribution in [0.5, 0.6) is 0 Å². The van der Waals surface area contributed by atoms with E-state index in [4.69, 9.17) is 0 Å². The van der Waals surface area contributed by atoms with Crippen LogP contribution in [0.3, 0.4) is 0 Å². The van der Waals surface area contributed by atoms with Crippen molar-refractivity contribution in [3.05, 3.63) is 42.5 Å². The van der Waals surface area contributed by atoms with E-state index >= 15 is 0 Å². The van der Waals surface area contributed by atoms with Gasteiger partial charge in [0.15, 0.2) is 0 Å². The van der Waals surface area contributed by atoms with Gasteiger partial charge in [0.1, 0.15) is 0 Å². The first-order chi connectivity index (χ1) is 13.8. The largest absolute Gasteiger partial charge is 0.384 e. The smallest absolute Gasteiger partial charge is 0.246 e. The van der Waals surface area contributed by atoms with Crippen LogP contribution in [0, 0.1) is 0 Å². The van der Waals surface area contributed by atoms with Crippen molar-refractivity contribution < 1.29 is 13.2 Å². The Morgan fingerprint density at radius 2 is 1.90 bits per heavy atom. The van der Waals surface area contributed by atoms with Crippen LogP contribution in [0.15, 0.2) is 52.3 Å². The molecule has 0 saturated heterocycles. The van der Waals surface area contributed by atoms with Crippen LogP contribution in [0.4, 0.5) is 17.1 Å². The minimum absolute atomic E-state index is 0.0546. The Balaban J connectivity index is 1.81. The number of carbonyl (C=O) groups excluding carboxylic acids is 1. The maximum Gasteiger partial charge on any atom is 0.246 e. The van der Waals surface area contributed by atoms with Gasteiger partial charge in [0, 0.05) is 37.8 Å². The molecule has 0 fully saturated rings. The number of nitrogens with one attached hydrogen (secondary N) is 2. The third kappa shape index (κ3) is 4.68. The zero-order valence-corrected chi connectivity index (χ0v) is 18.4. The molecular formula is C20H26N4O3S2. The zero-order chi connectivity index (χ0) is 21.0. The van der Waals surface area contributed by atoms with Gasteiger partial charge in [0.25, 0.3) is 0 Å². The Labute approximate surface area is 176 Å². The van der Waals surface area contributed by atoms with E-state index in [2.05, 4.69) is 10.6 Å².